The number of anilines is 1. The smallest absolute Gasteiger partial charge is 0.255 e. The molecule has 1 amide bonds. The summed E-state index contributed by atoms with van der Waals surface area (Å²) < 4.78 is 12.8. The van der Waals surface area contributed by atoms with Gasteiger partial charge in [-0.2, -0.15) is 11.8 Å². The number of hydrogen-bond acceptors (Lipinski definition) is 3. The Hall–Kier alpha value is -1.23. The fourth-order valence-electron chi connectivity index (χ4n) is 1.26. The van der Waals surface area contributed by atoms with Crippen molar-refractivity contribution < 1.29 is 9.18 Å². The van der Waals surface area contributed by atoms with Crippen LogP contribution in [0, 0.1) is 5.82 Å². The highest BCUT2D eigenvalue weighted by molar-refractivity contribution is 7.98. The van der Waals surface area contributed by atoms with Gasteiger partial charge in [0.15, 0.2) is 0 Å². The van der Waals surface area contributed by atoms with E-state index in [1.165, 1.54) is 12.1 Å². The molecule has 0 atom stereocenters. The Bertz CT molecular complexity index is 384. The fourth-order valence-corrected chi connectivity index (χ4v) is 1.72. The van der Waals surface area contributed by atoms with Gasteiger partial charge in [0.1, 0.15) is 5.82 Å². The van der Waals surface area contributed by atoms with Gasteiger partial charge in [0.05, 0.1) is 5.56 Å². The van der Waals surface area contributed by atoms with Crippen LogP contribution in [0.2, 0.25) is 0 Å². The third-order valence-corrected chi connectivity index (χ3v) is 2.81. The number of carbonyl (C=O) groups excluding carboxylic acids is 1. The van der Waals surface area contributed by atoms with Gasteiger partial charge in [-0.05, 0) is 24.5 Å². The van der Waals surface area contributed by atoms with Crippen LogP contribution in [0.1, 0.15) is 10.4 Å². The number of halogens is 1. The van der Waals surface area contributed by atoms with Gasteiger partial charge >= 0.3 is 0 Å². The molecule has 0 radical (unpaired) electrons. The summed E-state index contributed by atoms with van der Waals surface area (Å²) in [6, 6.07) is 3.82. The van der Waals surface area contributed by atoms with Gasteiger partial charge in [0.2, 0.25) is 0 Å². The van der Waals surface area contributed by atoms with E-state index in [2.05, 4.69) is 0 Å². The molecule has 88 valence electrons. The summed E-state index contributed by atoms with van der Waals surface area (Å²) in [5, 5.41) is 0. The largest absolute Gasteiger partial charge is 0.398 e. The van der Waals surface area contributed by atoms with Crippen molar-refractivity contribution >= 4 is 23.4 Å². The molecule has 0 heterocycles. The van der Waals surface area contributed by atoms with Gasteiger partial charge in [-0.15, -0.1) is 0 Å². The average Bonchev–Trinajstić information content (AvgIpc) is 2.25. The Kier molecular flexibility index (Phi) is 4.61. The van der Waals surface area contributed by atoms with E-state index in [0.717, 1.165) is 11.8 Å². The molecule has 0 aliphatic heterocycles. The highest BCUT2D eigenvalue weighted by Gasteiger charge is 2.14. The second-order valence-corrected chi connectivity index (χ2v) is 4.44. The molecule has 0 aromatic heterocycles. The van der Waals surface area contributed by atoms with Crippen molar-refractivity contribution in [2.45, 2.75) is 0 Å². The van der Waals surface area contributed by atoms with Crippen LogP contribution in [0.25, 0.3) is 0 Å². The van der Waals surface area contributed by atoms with E-state index >= 15 is 0 Å². The van der Waals surface area contributed by atoms with Crippen molar-refractivity contribution in [2.75, 3.05) is 31.3 Å². The highest BCUT2D eigenvalue weighted by atomic mass is 32.2. The number of benzene rings is 1. The van der Waals surface area contributed by atoms with E-state index in [1.54, 1.807) is 23.7 Å². The lowest BCUT2D eigenvalue weighted by molar-refractivity contribution is 0.0805. The molecule has 16 heavy (non-hydrogen) atoms. The van der Waals surface area contributed by atoms with Crippen LogP contribution < -0.4 is 5.73 Å². The van der Waals surface area contributed by atoms with Gasteiger partial charge in [0, 0.05) is 25.0 Å². The Morgan fingerprint density at radius 3 is 2.81 bits per heavy atom. The first kappa shape index (κ1) is 12.8. The number of nitrogen functional groups attached to an aromatic ring is 1. The van der Waals surface area contributed by atoms with E-state index in [1.807, 2.05) is 6.26 Å². The van der Waals surface area contributed by atoms with E-state index in [4.69, 9.17) is 5.73 Å². The summed E-state index contributed by atoms with van der Waals surface area (Å²) in [7, 11) is 1.71. The monoisotopic (exact) mass is 242 g/mol. The molecule has 1 aromatic carbocycles. The number of carbonyl (C=O) groups is 1. The zero-order chi connectivity index (χ0) is 12.1. The molecule has 2 N–H and O–H groups in total. The summed E-state index contributed by atoms with van der Waals surface area (Å²) in [4.78, 5) is 13.5. The average molecular weight is 242 g/mol. The van der Waals surface area contributed by atoms with Crippen molar-refractivity contribution in [2.24, 2.45) is 0 Å². The van der Waals surface area contributed by atoms with Crippen molar-refractivity contribution in [1.82, 2.24) is 4.90 Å². The summed E-state index contributed by atoms with van der Waals surface area (Å²) in [6.45, 7) is 0.650. The van der Waals surface area contributed by atoms with Crippen LogP contribution in [0.4, 0.5) is 10.1 Å². The first-order valence-electron chi connectivity index (χ1n) is 4.85. The zero-order valence-electron chi connectivity index (χ0n) is 9.37. The van der Waals surface area contributed by atoms with Crippen molar-refractivity contribution in [3.05, 3.63) is 29.6 Å². The van der Waals surface area contributed by atoms with Gasteiger partial charge in [-0.25, -0.2) is 4.39 Å². The van der Waals surface area contributed by atoms with Crippen LogP contribution in [0.15, 0.2) is 18.2 Å². The molecular formula is C11H15FN2OS. The number of nitrogens with zero attached hydrogens (tertiary/aromatic N) is 1. The Labute approximate surface area is 98.8 Å². The summed E-state index contributed by atoms with van der Waals surface area (Å²) in [6.07, 6.45) is 1.98. The number of amides is 1. The highest BCUT2D eigenvalue weighted by Crippen LogP contribution is 2.15. The lowest BCUT2D eigenvalue weighted by atomic mass is 10.1. The molecule has 3 nitrogen and oxygen atoms in total. The molecule has 5 heteroatoms. The van der Waals surface area contributed by atoms with Crippen LogP contribution in [0.3, 0.4) is 0 Å². The molecule has 0 bridgehead atoms. The number of nitrogens with two attached hydrogens (primary N) is 1. The third kappa shape index (κ3) is 3.13. The summed E-state index contributed by atoms with van der Waals surface area (Å²) >= 11 is 1.66. The molecular weight excluding hydrogens is 227 g/mol. The predicted octanol–water partition coefficient (Wildman–Crippen LogP) is 1.84. The Balaban J connectivity index is 2.79. The van der Waals surface area contributed by atoms with Crippen LogP contribution in [0.5, 0.6) is 0 Å². The van der Waals surface area contributed by atoms with Gasteiger partial charge in [-0.1, -0.05) is 0 Å². The van der Waals surface area contributed by atoms with Crippen molar-refractivity contribution in [3.8, 4) is 0 Å². The van der Waals surface area contributed by atoms with Gasteiger partial charge in [0.25, 0.3) is 5.91 Å². The third-order valence-electron chi connectivity index (χ3n) is 2.22. The van der Waals surface area contributed by atoms with E-state index < -0.39 is 5.82 Å². The molecule has 0 fully saturated rings. The lowest BCUT2D eigenvalue weighted by Crippen LogP contribution is -2.29. The minimum atomic E-state index is -0.430. The zero-order valence-corrected chi connectivity index (χ0v) is 10.2. The number of rotatable bonds is 4. The van der Waals surface area contributed by atoms with E-state index in [-0.39, 0.29) is 11.6 Å². The standard InChI is InChI=1S/C11H15FN2OS/c1-14(5-6-16-2)11(15)9-4-3-8(12)7-10(9)13/h3-4,7H,5-6,13H2,1-2H3. The molecule has 0 spiro atoms. The molecule has 0 saturated heterocycles. The topological polar surface area (TPSA) is 46.3 Å². The molecule has 0 aliphatic carbocycles. The van der Waals surface area contributed by atoms with E-state index in [9.17, 15) is 9.18 Å². The fraction of sp³-hybridized carbons (Fsp3) is 0.364. The summed E-state index contributed by atoms with van der Waals surface area (Å²) in [5.74, 6) is 0.260. The maximum Gasteiger partial charge on any atom is 0.255 e. The number of thioether (sulfide) groups is 1. The second kappa shape index (κ2) is 5.75. The van der Waals surface area contributed by atoms with E-state index in [0.29, 0.717) is 12.1 Å². The molecule has 0 unspecified atom stereocenters. The lowest BCUT2D eigenvalue weighted by Gasteiger charge is -2.17. The first-order chi connectivity index (χ1) is 7.56. The van der Waals surface area contributed by atoms with Gasteiger partial charge in [-0.3, -0.25) is 4.79 Å². The predicted molar refractivity (Wildman–Crippen MR) is 66.2 cm³/mol. The van der Waals surface area contributed by atoms with Crippen molar-refractivity contribution in [3.63, 3.8) is 0 Å². The minimum Gasteiger partial charge on any atom is -0.398 e. The van der Waals surface area contributed by atoms with Gasteiger partial charge < -0.3 is 10.6 Å². The maximum atomic E-state index is 12.8. The van der Waals surface area contributed by atoms with Crippen LogP contribution in [-0.4, -0.2) is 36.4 Å². The molecule has 0 aliphatic rings. The quantitative estimate of drug-likeness (QED) is 0.819. The molecule has 0 saturated carbocycles. The molecule has 1 rings (SSSR count). The SMILES string of the molecule is CSCCN(C)C(=O)c1ccc(F)cc1N. The van der Waals surface area contributed by atoms with Crippen molar-refractivity contribution in [1.29, 1.82) is 0 Å². The Morgan fingerprint density at radius 1 is 1.56 bits per heavy atom. The normalized spacial score (nSPS) is 10.2. The maximum absolute atomic E-state index is 12.8. The number of hydrogen-bond donors (Lipinski definition) is 1. The first-order valence-corrected chi connectivity index (χ1v) is 6.25. The minimum absolute atomic E-state index is 0.174. The summed E-state index contributed by atoms with van der Waals surface area (Å²) in [5.41, 5.74) is 6.13. The van der Waals surface area contributed by atoms with Crippen LogP contribution >= 0.6 is 11.8 Å². The second-order valence-electron chi connectivity index (χ2n) is 3.45. The Morgan fingerprint density at radius 2 is 2.25 bits per heavy atom. The van der Waals surface area contributed by atoms with Crippen LogP contribution in [-0.2, 0) is 0 Å². The molecule has 1 aromatic rings.